The average Bonchev–Trinajstić information content (AvgIpc) is 3.10. The van der Waals surface area contributed by atoms with Gasteiger partial charge in [0.25, 0.3) is 0 Å². The van der Waals surface area contributed by atoms with Gasteiger partial charge < -0.3 is 9.94 Å². The van der Waals surface area contributed by atoms with Gasteiger partial charge in [0, 0.05) is 16.5 Å². The number of ketones is 1. The Kier molecular flexibility index (Phi) is 8.86. The van der Waals surface area contributed by atoms with Crippen molar-refractivity contribution in [2.24, 2.45) is 55.4 Å². The molecule has 8 atom stereocenters. The molecule has 1 N–H and O–H groups in total. The molecule has 52 heavy (non-hydrogen) atoms. The number of hydrogen-bond acceptors (Lipinski definition) is 5. The lowest BCUT2D eigenvalue weighted by molar-refractivity contribution is -0.179. The van der Waals surface area contributed by atoms with Crippen molar-refractivity contribution in [3.8, 4) is 0 Å². The molecule has 7 rings (SSSR count). The van der Waals surface area contributed by atoms with Crippen LogP contribution in [-0.4, -0.2) is 28.5 Å². The Bertz CT molecular complexity index is 1840. The Labute approximate surface area is 310 Å². The highest BCUT2D eigenvalue weighted by Crippen LogP contribution is 2.75. The van der Waals surface area contributed by atoms with Gasteiger partial charge in [-0.2, -0.15) is 0 Å². The molecule has 5 aliphatic rings. The van der Waals surface area contributed by atoms with E-state index in [0.717, 1.165) is 75.5 Å². The van der Waals surface area contributed by atoms with Crippen molar-refractivity contribution in [2.75, 3.05) is 0 Å². The standard InChI is InChI=1S/C46H59NO5/c1-29(31-15-12-16-32(27-31)38(48)30-13-10-9-11-14-30)39(49)52-47-37-20-21-43(6)35(42(37,4)5)19-22-45(8)36(43)18-17-33-34-28-41(2,3)23-25-46(34,40(50)51)26-24-44(33,45)7/h9-17,27,29,34-36H,18-26,28H2,1-8H3,(H,50,51)/b47-37+/t29?,34-,35-,36+,43-,44+,45+,46-/m0/s1. The van der Waals surface area contributed by atoms with Crippen molar-refractivity contribution >= 4 is 23.4 Å². The topological polar surface area (TPSA) is 93.0 Å². The average molecular weight is 706 g/mol. The van der Waals surface area contributed by atoms with Crippen LogP contribution in [0.1, 0.15) is 147 Å². The first-order valence-corrected chi connectivity index (χ1v) is 19.8. The number of benzene rings is 2. The van der Waals surface area contributed by atoms with E-state index in [9.17, 15) is 19.5 Å². The minimum Gasteiger partial charge on any atom is -0.481 e. The third kappa shape index (κ3) is 5.47. The molecular weight excluding hydrogens is 647 g/mol. The number of carbonyl (C=O) groups excluding carboxylic acids is 2. The zero-order chi connectivity index (χ0) is 37.5. The van der Waals surface area contributed by atoms with Crippen LogP contribution in [0.15, 0.2) is 71.4 Å². The fourth-order valence-corrected chi connectivity index (χ4v) is 12.6. The van der Waals surface area contributed by atoms with Crippen LogP contribution >= 0.6 is 0 Å². The molecule has 6 nitrogen and oxygen atoms in total. The molecule has 5 aliphatic carbocycles. The maximum atomic E-state index is 13.4. The van der Waals surface area contributed by atoms with Gasteiger partial charge in [-0.15, -0.1) is 0 Å². The number of carboxylic acid groups (broad SMARTS) is 1. The summed E-state index contributed by atoms with van der Waals surface area (Å²) in [7, 11) is 0. The first-order valence-electron chi connectivity index (χ1n) is 19.8. The van der Waals surface area contributed by atoms with Crippen molar-refractivity contribution in [3.05, 3.63) is 82.9 Å². The molecule has 0 bridgehead atoms. The van der Waals surface area contributed by atoms with Crippen LogP contribution < -0.4 is 0 Å². The number of fused-ring (bicyclic) bond motifs is 7. The molecule has 278 valence electrons. The highest BCUT2D eigenvalue weighted by atomic mass is 16.7. The quantitative estimate of drug-likeness (QED) is 0.140. The van der Waals surface area contributed by atoms with Gasteiger partial charge in [0.1, 0.15) is 0 Å². The smallest absolute Gasteiger partial charge is 0.342 e. The van der Waals surface area contributed by atoms with Crippen LogP contribution in [0.2, 0.25) is 0 Å². The minimum absolute atomic E-state index is 0.0197. The van der Waals surface area contributed by atoms with Gasteiger partial charge in [-0.05, 0) is 122 Å². The third-order valence-corrected chi connectivity index (χ3v) is 16.1. The highest BCUT2D eigenvalue weighted by molar-refractivity contribution is 6.09. The fraction of sp³-hybridized carbons (Fsp3) is 0.609. The first-order chi connectivity index (χ1) is 24.4. The molecule has 4 saturated carbocycles. The number of rotatable bonds is 6. The predicted molar refractivity (Wildman–Crippen MR) is 205 cm³/mol. The molecule has 0 aromatic heterocycles. The molecule has 0 aliphatic heterocycles. The lowest BCUT2D eigenvalue weighted by atomic mass is 9.33. The van der Waals surface area contributed by atoms with E-state index in [0.29, 0.717) is 23.0 Å². The molecule has 4 fully saturated rings. The summed E-state index contributed by atoms with van der Waals surface area (Å²) < 4.78 is 0. The number of nitrogens with zero attached hydrogens (tertiary/aromatic N) is 1. The molecule has 0 spiro atoms. The van der Waals surface area contributed by atoms with E-state index >= 15 is 0 Å². The number of aliphatic carboxylic acids is 1. The summed E-state index contributed by atoms with van der Waals surface area (Å²) in [6.45, 7) is 18.6. The van der Waals surface area contributed by atoms with Crippen molar-refractivity contribution in [1.29, 1.82) is 0 Å². The number of hydrogen-bond donors (Lipinski definition) is 1. The van der Waals surface area contributed by atoms with E-state index < -0.39 is 23.3 Å². The van der Waals surface area contributed by atoms with Crippen LogP contribution in [0, 0.1) is 50.2 Å². The number of allylic oxidation sites excluding steroid dienone is 2. The van der Waals surface area contributed by atoms with Gasteiger partial charge in [0.15, 0.2) is 5.78 Å². The van der Waals surface area contributed by atoms with Gasteiger partial charge in [-0.25, -0.2) is 4.79 Å². The van der Waals surface area contributed by atoms with E-state index in [4.69, 9.17) is 4.84 Å². The molecule has 0 amide bonds. The molecule has 1 unspecified atom stereocenters. The molecule has 2 aromatic rings. The number of carbonyl (C=O) groups is 3. The van der Waals surface area contributed by atoms with E-state index in [2.05, 4.69) is 59.7 Å². The van der Waals surface area contributed by atoms with Gasteiger partial charge in [0.05, 0.1) is 17.0 Å². The van der Waals surface area contributed by atoms with Crippen LogP contribution in [0.5, 0.6) is 0 Å². The summed E-state index contributed by atoms with van der Waals surface area (Å²) in [5.41, 5.74) is 3.73. The fourth-order valence-electron chi connectivity index (χ4n) is 12.6. The summed E-state index contributed by atoms with van der Waals surface area (Å²) in [4.78, 5) is 45.3. The zero-order valence-electron chi connectivity index (χ0n) is 32.7. The van der Waals surface area contributed by atoms with Crippen molar-refractivity contribution in [1.82, 2.24) is 0 Å². The summed E-state index contributed by atoms with van der Waals surface area (Å²) in [5, 5.41) is 15.3. The SMILES string of the molecule is CC(C(=O)O/N=C1\CC[C@]2(C)[C@H]3CC=C4[C@@H]5CC(C)(C)CC[C@]5(C(=O)O)CC[C@@]4(C)[C@]3(C)CC[C@H]2C1(C)C)c1cccc(C(=O)c2ccccc2)c1. The molecule has 2 aromatic carbocycles. The van der Waals surface area contributed by atoms with Gasteiger partial charge in [-0.3, -0.25) is 9.59 Å². The van der Waals surface area contributed by atoms with Crippen molar-refractivity contribution < 1.29 is 24.3 Å². The Hall–Kier alpha value is -3.54. The van der Waals surface area contributed by atoms with E-state index in [1.807, 2.05) is 37.3 Å². The third-order valence-electron chi connectivity index (χ3n) is 16.1. The second-order valence-electron chi connectivity index (χ2n) is 19.4. The Balaban J connectivity index is 1.11. The predicted octanol–water partition coefficient (Wildman–Crippen LogP) is 10.8. The van der Waals surface area contributed by atoms with Gasteiger partial charge in [-0.1, -0.05) is 114 Å². The second kappa shape index (κ2) is 12.5. The Morgan fingerprint density at radius 1 is 0.827 bits per heavy atom. The largest absolute Gasteiger partial charge is 0.481 e. The molecule has 0 heterocycles. The molecule has 6 heteroatoms. The van der Waals surface area contributed by atoms with Gasteiger partial charge >= 0.3 is 11.9 Å². The lowest BCUT2D eigenvalue weighted by Gasteiger charge is -2.70. The van der Waals surface area contributed by atoms with E-state index in [-0.39, 0.29) is 38.8 Å². The van der Waals surface area contributed by atoms with E-state index in [1.54, 1.807) is 24.3 Å². The van der Waals surface area contributed by atoms with Crippen LogP contribution in [0.25, 0.3) is 0 Å². The molecule has 0 radical (unpaired) electrons. The minimum atomic E-state index is -0.624. The Morgan fingerprint density at radius 2 is 1.52 bits per heavy atom. The van der Waals surface area contributed by atoms with Crippen LogP contribution in [-0.2, 0) is 14.4 Å². The maximum Gasteiger partial charge on any atom is 0.342 e. The molecular formula is C46H59NO5. The summed E-state index contributed by atoms with van der Waals surface area (Å²) >= 11 is 0. The zero-order valence-corrected chi connectivity index (χ0v) is 32.7. The first kappa shape index (κ1) is 36.8. The lowest BCUT2D eigenvalue weighted by Crippen LogP contribution is -2.64. The van der Waals surface area contributed by atoms with Gasteiger partial charge in [0.2, 0.25) is 0 Å². The number of carboxylic acids is 1. The van der Waals surface area contributed by atoms with E-state index in [1.165, 1.54) is 5.57 Å². The van der Waals surface area contributed by atoms with Crippen molar-refractivity contribution in [3.63, 3.8) is 0 Å². The number of oxime groups is 1. The van der Waals surface area contributed by atoms with Crippen LogP contribution in [0.3, 0.4) is 0 Å². The molecule has 0 saturated heterocycles. The highest BCUT2D eigenvalue weighted by Gasteiger charge is 2.69. The summed E-state index contributed by atoms with van der Waals surface area (Å²) in [6, 6.07) is 16.4. The monoisotopic (exact) mass is 705 g/mol. The normalized spacial score (nSPS) is 37.3. The summed E-state index contributed by atoms with van der Waals surface area (Å²) in [5.74, 6) is -0.674. The Morgan fingerprint density at radius 3 is 2.23 bits per heavy atom. The summed E-state index contributed by atoms with van der Waals surface area (Å²) in [6.07, 6.45) is 11.9. The van der Waals surface area contributed by atoms with Crippen LogP contribution in [0.4, 0.5) is 0 Å². The maximum absolute atomic E-state index is 13.4. The van der Waals surface area contributed by atoms with Crippen molar-refractivity contribution in [2.45, 2.75) is 126 Å². The second-order valence-corrected chi connectivity index (χ2v) is 19.4.